The van der Waals surface area contributed by atoms with Gasteiger partial charge in [0, 0.05) is 24.4 Å². The number of fused-ring (bicyclic) bond motifs is 1. The van der Waals surface area contributed by atoms with Gasteiger partial charge >= 0.3 is 0 Å². The van der Waals surface area contributed by atoms with Crippen molar-refractivity contribution in [3.8, 4) is 0 Å². The molecule has 4 nitrogen and oxygen atoms in total. The third-order valence-corrected chi connectivity index (χ3v) is 3.69. The van der Waals surface area contributed by atoms with E-state index in [1.807, 2.05) is 18.2 Å². The Morgan fingerprint density at radius 2 is 2.11 bits per heavy atom. The van der Waals surface area contributed by atoms with E-state index in [1.165, 1.54) is 5.69 Å². The van der Waals surface area contributed by atoms with Crippen molar-refractivity contribution in [2.24, 2.45) is 11.5 Å². The van der Waals surface area contributed by atoms with Gasteiger partial charge in [-0.15, -0.1) is 0 Å². The molecule has 1 aromatic carbocycles. The van der Waals surface area contributed by atoms with Gasteiger partial charge in [0.1, 0.15) is 0 Å². The number of rotatable bonds is 2. The minimum Gasteiger partial charge on any atom is -0.399 e. The Morgan fingerprint density at radius 3 is 2.89 bits per heavy atom. The number of nitrogens with zero attached hydrogens (tertiary/aromatic N) is 1. The Morgan fingerprint density at radius 1 is 1.28 bits per heavy atom. The van der Waals surface area contributed by atoms with Crippen LogP contribution in [-0.4, -0.2) is 25.8 Å². The van der Waals surface area contributed by atoms with E-state index in [-0.39, 0.29) is 0 Å². The average molecular weight is 245 g/mol. The van der Waals surface area contributed by atoms with E-state index < -0.39 is 0 Å². The molecule has 0 aliphatic carbocycles. The molecule has 1 aromatic rings. The van der Waals surface area contributed by atoms with Crippen LogP contribution in [-0.2, 0) is 4.74 Å². The first-order valence-electron chi connectivity index (χ1n) is 6.46. The lowest BCUT2D eigenvalue weighted by Gasteiger charge is -2.33. The molecule has 0 saturated carbocycles. The highest BCUT2D eigenvalue weighted by molar-refractivity contribution is 5.80. The van der Waals surface area contributed by atoms with Crippen LogP contribution in [0.25, 0.3) is 5.70 Å². The van der Waals surface area contributed by atoms with E-state index in [0.29, 0.717) is 18.3 Å². The van der Waals surface area contributed by atoms with Crippen LogP contribution in [0.4, 0.5) is 5.69 Å². The molecule has 0 bridgehead atoms. The van der Waals surface area contributed by atoms with Gasteiger partial charge in [-0.2, -0.15) is 0 Å². The Kier molecular flexibility index (Phi) is 2.88. The molecule has 0 unspecified atom stereocenters. The molecule has 2 aliphatic rings. The van der Waals surface area contributed by atoms with Crippen LogP contribution in [0.5, 0.6) is 0 Å². The molecule has 0 spiro atoms. The quantitative estimate of drug-likeness (QED) is 0.823. The second-order valence-corrected chi connectivity index (χ2v) is 4.97. The average Bonchev–Trinajstić information content (AvgIpc) is 2.89. The maximum absolute atomic E-state index is 6.06. The van der Waals surface area contributed by atoms with E-state index in [4.69, 9.17) is 16.2 Å². The van der Waals surface area contributed by atoms with Gasteiger partial charge in [-0.1, -0.05) is 18.2 Å². The van der Waals surface area contributed by atoms with Gasteiger partial charge in [0.25, 0.3) is 0 Å². The van der Waals surface area contributed by atoms with E-state index in [2.05, 4.69) is 11.0 Å². The predicted octanol–water partition coefficient (Wildman–Crippen LogP) is 1.27. The molecule has 0 radical (unpaired) electrons. The van der Waals surface area contributed by atoms with Crippen molar-refractivity contribution in [1.82, 2.24) is 0 Å². The molecule has 1 fully saturated rings. The Labute approximate surface area is 107 Å². The van der Waals surface area contributed by atoms with Crippen molar-refractivity contribution in [2.75, 3.05) is 24.6 Å². The number of para-hydroxylation sites is 1. The van der Waals surface area contributed by atoms with E-state index in [9.17, 15) is 0 Å². The highest BCUT2D eigenvalue weighted by atomic mass is 16.5. The number of ether oxygens (including phenoxy) is 1. The fourth-order valence-electron chi connectivity index (χ4n) is 2.72. The Hall–Kier alpha value is -1.68. The molecule has 2 heterocycles. The van der Waals surface area contributed by atoms with Crippen LogP contribution in [0, 0.1) is 0 Å². The summed E-state index contributed by atoms with van der Waals surface area (Å²) in [7, 11) is 0. The fourth-order valence-corrected chi connectivity index (χ4v) is 2.72. The molecule has 2 aliphatic heterocycles. The zero-order valence-electron chi connectivity index (χ0n) is 10.4. The van der Waals surface area contributed by atoms with Crippen LogP contribution < -0.4 is 16.4 Å². The van der Waals surface area contributed by atoms with Crippen LogP contribution in [0.1, 0.15) is 18.4 Å². The maximum Gasteiger partial charge on any atom is 0.0750 e. The van der Waals surface area contributed by atoms with Crippen molar-refractivity contribution in [3.05, 3.63) is 35.5 Å². The van der Waals surface area contributed by atoms with Crippen molar-refractivity contribution in [3.63, 3.8) is 0 Å². The zero-order chi connectivity index (χ0) is 12.5. The molecular weight excluding hydrogens is 226 g/mol. The Balaban J connectivity index is 1.88. The summed E-state index contributed by atoms with van der Waals surface area (Å²) in [4.78, 5) is 2.27. The molecule has 18 heavy (non-hydrogen) atoms. The number of anilines is 1. The minimum atomic E-state index is 0.324. The third kappa shape index (κ3) is 1.93. The van der Waals surface area contributed by atoms with Crippen LogP contribution in [0.15, 0.2) is 30.0 Å². The van der Waals surface area contributed by atoms with Gasteiger partial charge in [-0.05, 0) is 18.9 Å². The highest BCUT2D eigenvalue weighted by Gasteiger charge is 2.25. The monoisotopic (exact) mass is 245 g/mol. The maximum atomic E-state index is 6.06. The zero-order valence-corrected chi connectivity index (χ0v) is 10.4. The third-order valence-electron chi connectivity index (χ3n) is 3.69. The molecule has 4 N–H and O–H groups in total. The molecule has 0 aromatic heterocycles. The molecular formula is C14H19N3O. The number of hydrogen-bond donors (Lipinski definition) is 2. The SMILES string of the molecule is NC1=C(N)c2ccccc2N(C[C@@H]2CCCO2)C1. The van der Waals surface area contributed by atoms with Gasteiger partial charge in [-0.25, -0.2) is 0 Å². The van der Waals surface area contributed by atoms with Crippen LogP contribution in [0.3, 0.4) is 0 Å². The number of benzene rings is 1. The smallest absolute Gasteiger partial charge is 0.0750 e. The van der Waals surface area contributed by atoms with Gasteiger partial charge in [-0.3, -0.25) is 0 Å². The lowest BCUT2D eigenvalue weighted by atomic mass is 10.0. The number of hydrogen-bond acceptors (Lipinski definition) is 4. The first-order chi connectivity index (χ1) is 8.75. The number of nitrogens with two attached hydrogens (primary N) is 2. The molecule has 1 saturated heterocycles. The van der Waals surface area contributed by atoms with Gasteiger partial charge in [0.05, 0.1) is 24.0 Å². The van der Waals surface area contributed by atoms with Crippen LogP contribution >= 0.6 is 0 Å². The van der Waals surface area contributed by atoms with Crippen molar-refractivity contribution in [1.29, 1.82) is 0 Å². The normalized spacial score (nSPS) is 23.3. The largest absolute Gasteiger partial charge is 0.399 e. The first-order valence-corrected chi connectivity index (χ1v) is 6.46. The second-order valence-electron chi connectivity index (χ2n) is 4.97. The van der Waals surface area contributed by atoms with Crippen molar-refractivity contribution >= 4 is 11.4 Å². The minimum absolute atomic E-state index is 0.324. The summed E-state index contributed by atoms with van der Waals surface area (Å²) in [6, 6.07) is 8.16. The van der Waals surface area contributed by atoms with Crippen molar-refractivity contribution < 1.29 is 4.74 Å². The fraction of sp³-hybridized carbons (Fsp3) is 0.429. The Bertz CT molecular complexity index is 478. The summed E-state index contributed by atoms with van der Waals surface area (Å²) in [6.45, 7) is 2.47. The standard InChI is InChI=1S/C14H19N3O/c15-12-9-17(8-10-4-3-7-18-10)13-6-2-1-5-11(13)14(12)16/h1-2,5-6,10H,3-4,7-9,15-16H2/t10-/m0/s1. The summed E-state index contributed by atoms with van der Waals surface area (Å²) in [5, 5.41) is 0. The van der Waals surface area contributed by atoms with Gasteiger partial charge in [0.2, 0.25) is 0 Å². The van der Waals surface area contributed by atoms with Gasteiger partial charge in [0.15, 0.2) is 0 Å². The molecule has 3 rings (SSSR count). The summed E-state index contributed by atoms with van der Waals surface area (Å²) in [6.07, 6.45) is 2.62. The molecule has 1 atom stereocenters. The van der Waals surface area contributed by atoms with Gasteiger partial charge < -0.3 is 21.1 Å². The lowest BCUT2D eigenvalue weighted by Crippen LogP contribution is -2.39. The summed E-state index contributed by atoms with van der Waals surface area (Å²) >= 11 is 0. The van der Waals surface area contributed by atoms with Crippen LogP contribution in [0.2, 0.25) is 0 Å². The second kappa shape index (κ2) is 4.53. The van der Waals surface area contributed by atoms with Crippen molar-refractivity contribution in [2.45, 2.75) is 18.9 Å². The first kappa shape index (κ1) is 11.4. The topological polar surface area (TPSA) is 64.5 Å². The predicted molar refractivity (Wildman–Crippen MR) is 72.9 cm³/mol. The molecule has 0 amide bonds. The lowest BCUT2D eigenvalue weighted by molar-refractivity contribution is 0.116. The van der Waals surface area contributed by atoms with E-state index in [1.54, 1.807) is 0 Å². The molecule has 4 heteroatoms. The summed E-state index contributed by atoms with van der Waals surface area (Å²) < 4.78 is 5.70. The highest BCUT2D eigenvalue weighted by Crippen LogP contribution is 2.31. The summed E-state index contributed by atoms with van der Waals surface area (Å²) in [5.74, 6) is 0. The summed E-state index contributed by atoms with van der Waals surface area (Å²) in [5.41, 5.74) is 15.8. The van der Waals surface area contributed by atoms with E-state index >= 15 is 0 Å². The molecule has 96 valence electrons. The van der Waals surface area contributed by atoms with E-state index in [0.717, 1.165) is 37.3 Å².